The van der Waals surface area contributed by atoms with E-state index in [1.165, 1.54) is 0 Å². The van der Waals surface area contributed by atoms with Crippen LogP contribution in [0.4, 0.5) is 5.69 Å². The van der Waals surface area contributed by atoms with E-state index >= 15 is 0 Å². The van der Waals surface area contributed by atoms with Gasteiger partial charge in [0, 0.05) is 11.8 Å². The van der Waals surface area contributed by atoms with Crippen molar-refractivity contribution in [3.63, 3.8) is 0 Å². The molecule has 1 N–H and O–H groups in total. The van der Waals surface area contributed by atoms with Crippen molar-refractivity contribution in [2.75, 3.05) is 0 Å². The molecule has 0 bridgehead atoms. The summed E-state index contributed by atoms with van der Waals surface area (Å²) in [5, 5.41) is 9.68. The van der Waals surface area contributed by atoms with Crippen LogP contribution in [0.1, 0.15) is 11.1 Å². The van der Waals surface area contributed by atoms with Crippen LogP contribution in [0.3, 0.4) is 0 Å². The van der Waals surface area contributed by atoms with Crippen molar-refractivity contribution in [2.45, 2.75) is 6.92 Å². The zero-order valence-corrected chi connectivity index (χ0v) is 13.2. The number of aliphatic imine (C=N–C) groups is 1. The topological polar surface area (TPSA) is 32.6 Å². The van der Waals surface area contributed by atoms with Gasteiger partial charge in [-0.1, -0.05) is 30.3 Å². The predicted molar refractivity (Wildman–Crippen MR) is 79.4 cm³/mol. The first-order chi connectivity index (χ1) is 7.77. The second kappa shape index (κ2) is 9.54. The summed E-state index contributed by atoms with van der Waals surface area (Å²) in [7, 11) is 0. The van der Waals surface area contributed by atoms with E-state index in [-0.39, 0.29) is 42.3 Å². The third-order valence-corrected chi connectivity index (χ3v) is 2.40. The number of hydrogen-bond acceptors (Lipinski definition) is 2. The number of phenols is 1. The smallest absolute Gasteiger partial charge is 0.507 e. The number of nitrogens with zero attached hydrogens (tertiary/aromatic N) is 1. The zero-order chi connectivity index (χ0) is 11.4. The Labute approximate surface area is 131 Å². The maximum atomic E-state index is 9.68. The summed E-state index contributed by atoms with van der Waals surface area (Å²) in [6, 6.07) is 15.1. The van der Waals surface area contributed by atoms with Gasteiger partial charge in [-0.25, -0.2) is 0 Å². The van der Waals surface area contributed by atoms with E-state index in [9.17, 15) is 5.11 Å². The molecule has 0 aliphatic rings. The van der Waals surface area contributed by atoms with Gasteiger partial charge in [0.25, 0.3) is 0 Å². The summed E-state index contributed by atoms with van der Waals surface area (Å²) in [5.41, 5.74) is 2.66. The van der Waals surface area contributed by atoms with Gasteiger partial charge in [-0.2, -0.15) is 0 Å². The number of phenolic OH excluding ortho intramolecular Hbond substituents is 1. The molecule has 2 nitrogen and oxygen atoms in total. The minimum absolute atomic E-state index is 0. The van der Waals surface area contributed by atoms with Gasteiger partial charge in [-0.3, -0.25) is 4.99 Å². The third kappa shape index (κ3) is 5.41. The van der Waals surface area contributed by atoms with Crippen LogP contribution in [0.2, 0.25) is 0 Å². The molecule has 0 saturated heterocycles. The molecule has 0 aliphatic carbocycles. The van der Waals surface area contributed by atoms with Gasteiger partial charge in [0.1, 0.15) is 5.75 Å². The fourth-order valence-electron chi connectivity index (χ4n) is 1.49. The molecule has 0 spiro atoms. The van der Waals surface area contributed by atoms with Crippen molar-refractivity contribution in [3.8, 4) is 5.75 Å². The Balaban J connectivity index is 0. The van der Waals surface area contributed by atoms with Crippen LogP contribution in [0.25, 0.3) is 0 Å². The summed E-state index contributed by atoms with van der Waals surface area (Å²) in [6.45, 7) is 1.95. The first-order valence-electron chi connectivity index (χ1n) is 5.15. The van der Waals surface area contributed by atoms with Gasteiger partial charge in [0.15, 0.2) is 0 Å². The Hall–Kier alpha value is -1.38. The Morgan fingerprint density at radius 1 is 0.947 bits per heavy atom. The normalized spacial score (nSPS) is 9.11. The molecule has 0 heterocycles. The molecular weight excluding hydrogens is 270 g/mol. The third-order valence-electron chi connectivity index (χ3n) is 2.40. The Bertz CT molecular complexity index is 489. The van der Waals surface area contributed by atoms with Crippen molar-refractivity contribution in [3.05, 3.63) is 74.5 Å². The molecule has 0 radical (unpaired) electrons. The molecule has 98 valence electrons. The standard InChI is InChI=1S/C14H13NO.2CH3.Ti/c1-11-6-5-9-14(16)13(11)10-15-12-7-3-2-4-8-12;;;/h2-10,16H,1H3;2*1H3;/q;2*-1;+2. The maximum absolute atomic E-state index is 9.68. The Morgan fingerprint density at radius 3 is 2.16 bits per heavy atom. The van der Waals surface area contributed by atoms with Crippen LogP contribution in [-0.2, 0) is 21.7 Å². The number of benzene rings is 2. The molecule has 0 fully saturated rings. The molecule has 0 amide bonds. The number of hydrogen-bond donors (Lipinski definition) is 1. The van der Waals surface area contributed by atoms with E-state index in [0.29, 0.717) is 0 Å². The Morgan fingerprint density at radius 2 is 1.58 bits per heavy atom. The quantitative estimate of drug-likeness (QED) is 0.497. The summed E-state index contributed by atoms with van der Waals surface area (Å²) >= 11 is 0. The molecule has 0 unspecified atom stereocenters. The van der Waals surface area contributed by atoms with Crippen molar-refractivity contribution in [1.29, 1.82) is 0 Å². The summed E-state index contributed by atoms with van der Waals surface area (Å²) < 4.78 is 0. The number of aryl methyl sites for hydroxylation is 1. The van der Waals surface area contributed by atoms with E-state index < -0.39 is 0 Å². The van der Waals surface area contributed by atoms with Crippen LogP contribution in [0.15, 0.2) is 53.5 Å². The average molecular weight is 289 g/mol. The maximum Gasteiger partial charge on any atom is 2.00 e. The fourth-order valence-corrected chi connectivity index (χ4v) is 1.49. The molecule has 19 heavy (non-hydrogen) atoms. The largest absolute Gasteiger partial charge is 2.00 e. The second-order valence-corrected chi connectivity index (χ2v) is 3.60. The van der Waals surface area contributed by atoms with Crippen LogP contribution in [0.5, 0.6) is 5.75 Å². The fraction of sp³-hybridized carbons (Fsp3) is 0.0625. The van der Waals surface area contributed by atoms with Crippen LogP contribution in [-0.4, -0.2) is 11.3 Å². The van der Waals surface area contributed by atoms with Crippen molar-refractivity contribution < 1.29 is 26.8 Å². The minimum Gasteiger partial charge on any atom is -0.507 e. The second-order valence-electron chi connectivity index (χ2n) is 3.60. The Kier molecular flexibility index (Phi) is 10.0. The SMILES string of the molecule is Cc1cccc(O)c1C=Nc1ccccc1.[CH3-].[CH3-].[Ti+2]. The average Bonchev–Trinajstić information content (AvgIpc) is 2.30. The molecule has 2 aromatic carbocycles. The molecule has 2 aromatic rings. The summed E-state index contributed by atoms with van der Waals surface area (Å²) in [6.07, 6.45) is 1.69. The molecule has 0 aromatic heterocycles. The van der Waals surface area contributed by atoms with Gasteiger partial charge in [-0.15, -0.1) is 0 Å². The molecular formula is C16H19NOTi. The number of para-hydroxylation sites is 1. The molecule has 2 rings (SSSR count). The van der Waals surface area contributed by atoms with E-state index in [0.717, 1.165) is 16.8 Å². The first-order valence-corrected chi connectivity index (χ1v) is 5.15. The van der Waals surface area contributed by atoms with Gasteiger partial charge in [0.2, 0.25) is 0 Å². The molecule has 0 saturated carbocycles. The van der Waals surface area contributed by atoms with Gasteiger partial charge >= 0.3 is 21.7 Å². The van der Waals surface area contributed by atoms with Crippen LogP contribution in [0, 0.1) is 21.8 Å². The number of aromatic hydroxyl groups is 1. The molecule has 0 aliphatic heterocycles. The van der Waals surface area contributed by atoms with E-state index in [1.54, 1.807) is 12.3 Å². The van der Waals surface area contributed by atoms with E-state index in [1.807, 2.05) is 49.4 Å². The van der Waals surface area contributed by atoms with Crippen molar-refractivity contribution in [2.24, 2.45) is 4.99 Å². The van der Waals surface area contributed by atoms with Gasteiger partial charge < -0.3 is 20.0 Å². The van der Waals surface area contributed by atoms with E-state index in [2.05, 4.69) is 4.99 Å². The zero-order valence-electron chi connectivity index (χ0n) is 11.6. The minimum atomic E-state index is 0. The molecule has 3 heteroatoms. The van der Waals surface area contributed by atoms with Crippen molar-refractivity contribution in [1.82, 2.24) is 0 Å². The van der Waals surface area contributed by atoms with Crippen LogP contribution >= 0.6 is 0 Å². The van der Waals surface area contributed by atoms with Crippen LogP contribution < -0.4 is 0 Å². The summed E-state index contributed by atoms with van der Waals surface area (Å²) in [4.78, 5) is 4.31. The van der Waals surface area contributed by atoms with Crippen molar-refractivity contribution >= 4 is 11.9 Å². The predicted octanol–water partition coefficient (Wildman–Crippen LogP) is 4.35. The van der Waals surface area contributed by atoms with Gasteiger partial charge in [0.05, 0.1) is 5.69 Å². The van der Waals surface area contributed by atoms with Gasteiger partial charge in [-0.05, 0) is 30.7 Å². The van der Waals surface area contributed by atoms with E-state index in [4.69, 9.17) is 0 Å². The summed E-state index contributed by atoms with van der Waals surface area (Å²) in [5.74, 6) is 0.264. The molecule has 0 atom stereocenters. The number of rotatable bonds is 2. The first kappa shape index (κ1) is 20.0. The monoisotopic (exact) mass is 289 g/mol.